The second-order valence-corrected chi connectivity index (χ2v) is 6.95. The van der Waals surface area contributed by atoms with Gasteiger partial charge >= 0.3 is 0 Å². The number of nitrogens with zero attached hydrogens (tertiary/aromatic N) is 3. The number of aromatic nitrogens is 3. The molecule has 4 rings (SSSR count). The quantitative estimate of drug-likeness (QED) is 0.662. The van der Waals surface area contributed by atoms with Crippen LogP contribution in [0.5, 0.6) is 5.75 Å². The van der Waals surface area contributed by atoms with Crippen molar-refractivity contribution in [1.29, 1.82) is 0 Å². The van der Waals surface area contributed by atoms with Gasteiger partial charge in [0.25, 0.3) is 0 Å². The van der Waals surface area contributed by atoms with Crippen molar-refractivity contribution in [3.8, 4) is 28.5 Å². The van der Waals surface area contributed by atoms with E-state index >= 15 is 0 Å². The highest BCUT2D eigenvalue weighted by Crippen LogP contribution is 2.29. The van der Waals surface area contributed by atoms with Crippen molar-refractivity contribution in [3.05, 3.63) is 53.1 Å². The number of methoxy groups -OCH3 is 1. The Morgan fingerprint density at radius 1 is 1.11 bits per heavy atom. The van der Waals surface area contributed by atoms with Gasteiger partial charge in [-0.2, -0.15) is 5.10 Å². The van der Waals surface area contributed by atoms with Gasteiger partial charge < -0.3 is 4.74 Å². The minimum Gasteiger partial charge on any atom is -0.495 e. The van der Waals surface area contributed by atoms with E-state index in [-0.39, 0.29) is 12.4 Å². The highest BCUT2D eigenvalue weighted by atomic mass is 35.5. The number of halogens is 2. The van der Waals surface area contributed by atoms with Crippen LogP contribution in [0, 0.1) is 0 Å². The molecule has 0 spiro atoms. The highest BCUT2D eigenvalue weighted by Gasteiger charge is 2.13. The number of likely N-dealkylation sites (tertiary alicyclic amines) is 1. The fourth-order valence-electron chi connectivity index (χ4n) is 3.34. The second kappa shape index (κ2) is 8.74. The fourth-order valence-corrected chi connectivity index (χ4v) is 3.60. The molecular formula is C20H22Cl2N4O. The van der Waals surface area contributed by atoms with E-state index in [9.17, 15) is 0 Å². The molecule has 1 saturated heterocycles. The van der Waals surface area contributed by atoms with Gasteiger partial charge in [-0.05, 0) is 55.8 Å². The zero-order valence-corrected chi connectivity index (χ0v) is 16.7. The smallest absolute Gasteiger partial charge is 0.181 e. The standard InChI is InChI=1S/C20H21ClN4O.ClH/c1-26-18-8-7-16(12-17(18)21)20-22-19(23-24-20)15-6-4-5-14(11-15)13-25-9-2-3-10-25;/h4-8,11-12H,2-3,9-10,13H2,1H3,(H,22,23,24);1H. The lowest BCUT2D eigenvalue weighted by atomic mass is 10.1. The van der Waals surface area contributed by atoms with E-state index in [0.717, 1.165) is 17.7 Å². The van der Waals surface area contributed by atoms with Gasteiger partial charge in [0, 0.05) is 17.7 Å². The van der Waals surface area contributed by atoms with Crippen molar-refractivity contribution in [3.63, 3.8) is 0 Å². The minimum absolute atomic E-state index is 0. The topological polar surface area (TPSA) is 54.0 Å². The monoisotopic (exact) mass is 404 g/mol. The molecule has 7 heteroatoms. The van der Waals surface area contributed by atoms with Crippen LogP contribution in [-0.2, 0) is 6.54 Å². The lowest BCUT2D eigenvalue weighted by molar-refractivity contribution is 0.331. The third kappa shape index (κ3) is 4.43. The van der Waals surface area contributed by atoms with Gasteiger partial charge in [-0.1, -0.05) is 29.8 Å². The van der Waals surface area contributed by atoms with E-state index < -0.39 is 0 Å². The van der Waals surface area contributed by atoms with Crippen LogP contribution in [0.2, 0.25) is 5.02 Å². The first kappa shape index (κ1) is 19.7. The van der Waals surface area contributed by atoms with Crippen LogP contribution in [0.3, 0.4) is 0 Å². The van der Waals surface area contributed by atoms with Crippen LogP contribution in [0.1, 0.15) is 18.4 Å². The zero-order chi connectivity index (χ0) is 17.9. The van der Waals surface area contributed by atoms with Gasteiger partial charge in [-0.15, -0.1) is 12.4 Å². The molecule has 0 atom stereocenters. The predicted octanol–water partition coefficient (Wildman–Crippen LogP) is 4.82. The molecule has 0 bridgehead atoms. The summed E-state index contributed by atoms with van der Waals surface area (Å²) in [6, 6.07) is 14.0. The maximum Gasteiger partial charge on any atom is 0.181 e. The summed E-state index contributed by atoms with van der Waals surface area (Å²) in [4.78, 5) is 7.13. The van der Waals surface area contributed by atoms with Gasteiger partial charge in [0.2, 0.25) is 0 Å². The van der Waals surface area contributed by atoms with E-state index in [0.29, 0.717) is 22.4 Å². The van der Waals surface area contributed by atoms with E-state index in [4.69, 9.17) is 16.3 Å². The predicted molar refractivity (Wildman–Crippen MR) is 111 cm³/mol. The van der Waals surface area contributed by atoms with Gasteiger partial charge in [0.1, 0.15) is 5.75 Å². The Labute approximate surface area is 170 Å². The van der Waals surface area contributed by atoms with E-state index in [1.165, 1.54) is 31.5 Å². The van der Waals surface area contributed by atoms with Crippen LogP contribution in [0.25, 0.3) is 22.8 Å². The van der Waals surface area contributed by atoms with Crippen LogP contribution in [0.15, 0.2) is 42.5 Å². The molecular weight excluding hydrogens is 383 g/mol. The third-order valence-corrected chi connectivity index (χ3v) is 5.00. The molecule has 142 valence electrons. The van der Waals surface area contributed by atoms with Crippen molar-refractivity contribution in [1.82, 2.24) is 20.1 Å². The van der Waals surface area contributed by atoms with E-state index in [1.54, 1.807) is 7.11 Å². The Morgan fingerprint density at radius 2 is 1.93 bits per heavy atom. The zero-order valence-electron chi connectivity index (χ0n) is 15.1. The minimum atomic E-state index is 0. The van der Waals surface area contributed by atoms with Crippen molar-refractivity contribution in [2.24, 2.45) is 0 Å². The first-order valence-electron chi connectivity index (χ1n) is 8.81. The number of aromatic amines is 1. The molecule has 27 heavy (non-hydrogen) atoms. The van der Waals surface area contributed by atoms with Crippen LogP contribution in [0.4, 0.5) is 0 Å². The van der Waals surface area contributed by atoms with E-state index in [2.05, 4.69) is 38.3 Å². The van der Waals surface area contributed by atoms with Crippen LogP contribution in [-0.4, -0.2) is 40.3 Å². The van der Waals surface area contributed by atoms with Gasteiger partial charge in [0.05, 0.1) is 12.1 Å². The molecule has 5 nitrogen and oxygen atoms in total. The Morgan fingerprint density at radius 3 is 2.67 bits per heavy atom. The highest BCUT2D eigenvalue weighted by molar-refractivity contribution is 6.32. The van der Waals surface area contributed by atoms with Crippen LogP contribution >= 0.6 is 24.0 Å². The molecule has 3 aromatic rings. The first-order chi connectivity index (χ1) is 12.7. The summed E-state index contributed by atoms with van der Waals surface area (Å²) in [6.07, 6.45) is 2.60. The Bertz CT molecular complexity index is 907. The van der Waals surface area contributed by atoms with Crippen molar-refractivity contribution >= 4 is 24.0 Å². The van der Waals surface area contributed by atoms with Gasteiger partial charge in [-0.25, -0.2) is 4.98 Å². The van der Waals surface area contributed by atoms with Crippen molar-refractivity contribution in [2.75, 3.05) is 20.2 Å². The number of hydrogen-bond donors (Lipinski definition) is 1. The number of ether oxygens (including phenoxy) is 1. The molecule has 0 saturated carbocycles. The Hall–Kier alpha value is -2.08. The lowest BCUT2D eigenvalue weighted by Gasteiger charge is -2.14. The molecule has 2 heterocycles. The molecule has 0 radical (unpaired) electrons. The number of rotatable bonds is 5. The molecule has 1 aromatic heterocycles. The average Bonchev–Trinajstić information content (AvgIpc) is 3.34. The molecule has 0 aliphatic carbocycles. The molecule has 1 fully saturated rings. The molecule has 0 unspecified atom stereocenters. The fraction of sp³-hybridized carbons (Fsp3) is 0.300. The molecule has 0 amide bonds. The number of benzene rings is 2. The summed E-state index contributed by atoms with van der Waals surface area (Å²) in [5.41, 5.74) is 3.19. The maximum atomic E-state index is 6.21. The Balaban J connectivity index is 0.00000210. The number of H-pyrrole nitrogens is 1. The third-order valence-electron chi connectivity index (χ3n) is 4.70. The Kier molecular flexibility index (Phi) is 6.37. The molecule has 1 aliphatic rings. The average molecular weight is 405 g/mol. The second-order valence-electron chi connectivity index (χ2n) is 6.54. The summed E-state index contributed by atoms with van der Waals surface area (Å²) in [5.74, 6) is 2.02. The SMILES string of the molecule is COc1ccc(-c2nc(-c3cccc(CN4CCCC4)c3)n[nH]2)cc1Cl.Cl. The summed E-state index contributed by atoms with van der Waals surface area (Å²) in [7, 11) is 1.60. The summed E-state index contributed by atoms with van der Waals surface area (Å²) >= 11 is 6.21. The first-order valence-corrected chi connectivity index (χ1v) is 9.19. The normalized spacial score (nSPS) is 14.1. The number of hydrogen-bond acceptors (Lipinski definition) is 4. The van der Waals surface area contributed by atoms with Crippen molar-refractivity contribution < 1.29 is 4.74 Å². The maximum absolute atomic E-state index is 6.21. The van der Waals surface area contributed by atoms with E-state index in [1.807, 2.05) is 24.3 Å². The number of nitrogens with one attached hydrogen (secondary N) is 1. The summed E-state index contributed by atoms with van der Waals surface area (Å²) in [5, 5.41) is 7.94. The lowest BCUT2D eigenvalue weighted by Crippen LogP contribution is -2.18. The summed E-state index contributed by atoms with van der Waals surface area (Å²) in [6.45, 7) is 3.36. The van der Waals surface area contributed by atoms with Crippen LogP contribution < -0.4 is 4.74 Å². The van der Waals surface area contributed by atoms with Crippen molar-refractivity contribution in [2.45, 2.75) is 19.4 Å². The van der Waals surface area contributed by atoms with Gasteiger partial charge in [0.15, 0.2) is 11.6 Å². The summed E-state index contributed by atoms with van der Waals surface area (Å²) < 4.78 is 5.20. The molecule has 1 N–H and O–H groups in total. The van der Waals surface area contributed by atoms with Gasteiger partial charge in [-0.3, -0.25) is 10.00 Å². The molecule has 2 aromatic carbocycles. The largest absolute Gasteiger partial charge is 0.495 e. The molecule has 1 aliphatic heterocycles.